The number of nitrogens with zero attached hydrogens (tertiary/aromatic N) is 1. The van der Waals surface area contributed by atoms with E-state index in [2.05, 4.69) is 5.32 Å². The van der Waals surface area contributed by atoms with Gasteiger partial charge in [0.1, 0.15) is 0 Å². The van der Waals surface area contributed by atoms with Crippen molar-refractivity contribution in [3.8, 4) is 11.5 Å². The molecule has 162 valence electrons. The molecule has 0 spiro atoms. The van der Waals surface area contributed by atoms with E-state index in [9.17, 15) is 13.2 Å². The third-order valence-electron chi connectivity index (χ3n) is 5.28. The molecule has 1 N–H and O–H groups in total. The van der Waals surface area contributed by atoms with E-state index >= 15 is 0 Å². The van der Waals surface area contributed by atoms with Crippen molar-refractivity contribution in [3.63, 3.8) is 0 Å². The van der Waals surface area contributed by atoms with Crippen molar-refractivity contribution in [2.45, 2.75) is 37.6 Å². The van der Waals surface area contributed by atoms with E-state index in [0.29, 0.717) is 35.7 Å². The van der Waals surface area contributed by atoms with E-state index in [1.165, 1.54) is 10.4 Å². The lowest BCUT2D eigenvalue weighted by Crippen LogP contribution is -2.36. The van der Waals surface area contributed by atoms with Gasteiger partial charge in [-0.15, -0.1) is 0 Å². The molecule has 0 bridgehead atoms. The van der Waals surface area contributed by atoms with Crippen LogP contribution in [0, 0.1) is 6.92 Å². The number of aryl methyl sites for hydroxylation is 1. The highest BCUT2D eigenvalue weighted by molar-refractivity contribution is 7.89. The maximum absolute atomic E-state index is 13.1. The van der Waals surface area contributed by atoms with Gasteiger partial charge in [-0.1, -0.05) is 18.6 Å². The monoisotopic (exact) mass is 432 g/mol. The zero-order chi connectivity index (χ0) is 21.7. The zero-order valence-corrected chi connectivity index (χ0v) is 18.4. The third-order valence-corrected chi connectivity index (χ3v) is 7.32. The molecule has 1 saturated heterocycles. The van der Waals surface area contributed by atoms with Crippen molar-refractivity contribution < 1.29 is 22.7 Å². The molecule has 0 aromatic heterocycles. The van der Waals surface area contributed by atoms with E-state index in [4.69, 9.17) is 9.47 Å². The highest BCUT2D eigenvalue weighted by atomic mass is 32.2. The number of benzene rings is 2. The number of nitrogens with one attached hydrogen (secondary N) is 1. The van der Waals surface area contributed by atoms with Crippen molar-refractivity contribution in [2.75, 3.05) is 27.3 Å². The van der Waals surface area contributed by atoms with Gasteiger partial charge in [-0.25, -0.2) is 8.42 Å². The number of amides is 1. The molecule has 1 amide bonds. The van der Waals surface area contributed by atoms with E-state index in [0.717, 1.165) is 24.8 Å². The van der Waals surface area contributed by atoms with Crippen LogP contribution in [0.3, 0.4) is 0 Å². The summed E-state index contributed by atoms with van der Waals surface area (Å²) in [5, 5.41) is 2.84. The lowest BCUT2D eigenvalue weighted by Gasteiger charge is -2.26. The summed E-state index contributed by atoms with van der Waals surface area (Å²) in [5.74, 6) is 0.855. The molecule has 0 saturated carbocycles. The molecule has 0 unspecified atom stereocenters. The fourth-order valence-electron chi connectivity index (χ4n) is 3.54. The average Bonchev–Trinajstić information content (AvgIpc) is 2.77. The first-order valence-corrected chi connectivity index (χ1v) is 11.4. The average molecular weight is 433 g/mol. The van der Waals surface area contributed by atoms with Gasteiger partial charge in [-0.05, 0) is 55.2 Å². The highest BCUT2D eigenvalue weighted by Gasteiger charge is 2.28. The van der Waals surface area contributed by atoms with Crippen LogP contribution in [-0.2, 0) is 16.6 Å². The molecule has 0 atom stereocenters. The van der Waals surface area contributed by atoms with Crippen LogP contribution in [0.4, 0.5) is 0 Å². The molecule has 8 heteroatoms. The predicted octanol–water partition coefficient (Wildman–Crippen LogP) is 3.12. The fourth-order valence-corrected chi connectivity index (χ4v) is 5.31. The number of piperidine rings is 1. The number of hydrogen-bond donors (Lipinski definition) is 1. The Kier molecular flexibility index (Phi) is 6.99. The molecule has 1 aliphatic rings. The number of methoxy groups -OCH3 is 2. The normalized spacial score (nSPS) is 14.9. The van der Waals surface area contributed by atoms with Crippen LogP contribution >= 0.6 is 0 Å². The van der Waals surface area contributed by atoms with Gasteiger partial charge < -0.3 is 14.8 Å². The van der Waals surface area contributed by atoms with E-state index in [-0.39, 0.29) is 17.3 Å². The van der Waals surface area contributed by atoms with Crippen LogP contribution in [0.5, 0.6) is 11.5 Å². The number of sulfonamides is 1. The quantitative estimate of drug-likeness (QED) is 0.727. The molecular weight excluding hydrogens is 404 g/mol. The lowest BCUT2D eigenvalue weighted by atomic mass is 10.1. The molecule has 0 radical (unpaired) electrons. The number of carbonyl (C=O) groups is 1. The van der Waals surface area contributed by atoms with E-state index in [1.807, 2.05) is 6.07 Å². The number of carbonyl (C=O) groups excluding carboxylic acids is 1. The predicted molar refractivity (Wildman–Crippen MR) is 115 cm³/mol. The summed E-state index contributed by atoms with van der Waals surface area (Å²) in [6, 6.07) is 10.2. The minimum atomic E-state index is -3.61. The number of hydrogen-bond acceptors (Lipinski definition) is 5. The van der Waals surface area contributed by atoms with Gasteiger partial charge in [-0.2, -0.15) is 4.31 Å². The molecule has 2 aromatic rings. The standard InChI is InChI=1S/C22H28N2O5S/c1-16-7-9-18(14-21(16)30(26,27)24-11-5-4-6-12-24)22(25)23-15-17-8-10-19(28-2)20(13-17)29-3/h7-10,13-14H,4-6,11-12,15H2,1-3H3,(H,23,25). The molecule has 1 aliphatic heterocycles. The van der Waals surface area contributed by atoms with Crippen molar-refractivity contribution in [3.05, 3.63) is 53.1 Å². The summed E-state index contributed by atoms with van der Waals surface area (Å²) in [6.45, 7) is 3.08. The van der Waals surface area contributed by atoms with Gasteiger partial charge in [0.2, 0.25) is 10.0 Å². The van der Waals surface area contributed by atoms with Gasteiger partial charge in [0.15, 0.2) is 11.5 Å². The summed E-state index contributed by atoms with van der Waals surface area (Å²) in [7, 11) is -0.495. The Hall–Kier alpha value is -2.58. The molecule has 2 aromatic carbocycles. The third kappa shape index (κ3) is 4.76. The van der Waals surface area contributed by atoms with Crippen LogP contribution in [0.1, 0.15) is 40.7 Å². The van der Waals surface area contributed by atoms with Crippen molar-refractivity contribution in [1.29, 1.82) is 0 Å². The van der Waals surface area contributed by atoms with Crippen molar-refractivity contribution in [2.24, 2.45) is 0 Å². The molecule has 3 rings (SSSR count). The minimum Gasteiger partial charge on any atom is -0.493 e. The summed E-state index contributed by atoms with van der Waals surface area (Å²) >= 11 is 0. The Morgan fingerprint density at radius 1 is 1.00 bits per heavy atom. The summed E-state index contributed by atoms with van der Waals surface area (Å²) in [6.07, 6.45) is 2.77. The number of rotatable bonds is 7. The Labute approximate surface area is 178 Å². The topological polar surface area (TPSA) is 84.9 Å². The van der Waals surface area contributed by atoms with Crippen LogP contribution in [0.2, 0.25) is 0 Å². The molecular formula is C22H28N2O5S. The van der Waals surface area contributed by atoms with Gasteiger partial charge in [0.05, 0.1) is 19.1 Å². The first kappa shape index (κ1) is 22.1. The van der Waals surface area contributed by atoms with E-state index in [1.54, 1.807) is 45.4 Å². The molecule has 1 heterocycles. The van der Waals surface area contributed by atoms with Crippen LogP contribution in [0.15, 0.2) is 41.3 Å². The Morgan fingerprint density at radius 3 is 2.37 bits per heavy atom. The van der Waals surface area contributed by atoms with Crippen LogP contribution < -0.4 is 14.8 Å². The lowest BCUT2D eigenvalue weighted by molar-refractivity contribution is 0.0950. The van der Waals surface area contributed by atoms with Crippen LogP contribution in [-0.4, -0.2) is 45.9 Å². The maximum atomic E-state index is 13.1. The first-order valence-electron chi connectivity index (χ1n) is 9.96. The smallest absolute Gasteiger partial charge is 0.251 e. The zero-order valence-electron chi connectivity index (χ0n) is 17.6. The Bertz CT molecular complexity index is 1010. The second-order valence-corrected chi connectivity index (χ2v) is 9.22. The largest absolute Gasteiger partial charge is 0.493 e. The Balaban J connectivity index is 1.76. The number of ether oxygens (including phenoxy) is 2. The summed E-state index contributed by atoms with van der Waals surface area (Å²) < 4.78 is 38.1. The van der Waals surface area contributed by atoms with Gasteiger partial charge in [0.25, 0.3) is 5.91 Å². The summed E-state index contributed by atoms with van der Waals surface area (Å²) in [4.78, 5) is 12.9. The van der Waals surface area contributed by atoms with Crippen molar-refractivity contribution >= 4 is 15.9 Å². The fraction of sp³-hybridized carbons (Fsp3) is 0.409. The van der Waals surface area contributed by atoms with Gasteiger partial charge in [0, 0.05) is 25.2 Å². The molecule has 30 heavy (non-hydrogen) atoms. The molecule has 1 fully saturated rings. The highest BCUT2D eigenvalue weighted by Crippen LogP contribution is 2.28. The van der Waals surface area contributed by atoms with Gasteiger partial charge >= 0.3 is 0 Å². The minimum absolute atomic E-state index is 0.197. The maximum Gasteiger partial charge on any atom is 0.251 e. The van der Waals surface area contributed by atoms with E-state index < -0.39 is 10.0 Å². The van der Waals surface area contributed by atoms with Crippen molar-refractivity contribution in [1.82, 2.24) is 9.62 Å². The summed E-state index contributed by atoms with van der Waals surface area (Å²) in [5.41, 5.74) is 1.79. The molecule has 0 aliphatic carbocycles. The van der Waals surface area contributed by atoms with Crippen LogP contribution in [0.25, 0.3) is 0 Å². The van der Waals surface area contributed by atoms with Gasteiger partial charge in [-0.3, -0.25) is 4.79 Å². The first-order chi connectivity index (χ1) is 14.4. The molecule has 7 nitrogen and oxygen atoms in total. The SMILES string of the molecule is COc1ccc(CNC(=O)c2ccc(C)c(S(=O)(=O)N3CCCCC3)c2)cc1OC. The Morgan fingerprint density at radius 2 is 1.70 bits per heavy atom. The second-order valence-electron chi connectivity index (χ2n) is 7.32. The second kappa shape index (κ2) is 9.49.